The summed E-state index contributed by atoms with van der Waals surface area (Å²) in [5.41, 5.74) is 11.4. The number of hydrogen-bond donors (Lipinski definition) is 0. The Morgan fingerprint density at radius 1 is 0.281 bits per heavy atom. The number of rotatable bonds is 6. The van der Waals surface area contributed by atoms with Crippen molar-refractivity contribution in [3.05, 3.63) is 200 Å². The molecule has 2 heterocycles. The first-order valence-electron chi connectivity index (χ1n) is 19.2. The lowest BCUT2D eigenvalue weighted by Crippen LogP contribution is -2.00. The van der Waals surface area contributed by atoms with Gasteiger partial charge in [0.25, 0.3) is 0 Å². The van der Waals surface area contributed by atoms with Crippen LogP contribution in [-0.2, 0) is 0 Å². The molecule has 0 aliphatic rings. The average molecular weight is 728 g/mol. The number of fused-ring (bicyclic) bond motifs is 6. The van der Waals surface area contributed by atoms with E-state index in [1.807, 2.05) is 60.7 Å². The van der Waals surface area contributed by atoms with Crippen molar-refractivity contribution in [2.24, 2.45) is 0 Å². The van der Waals surface area contributed by atoms with Crippen LogP contribution in [0.4, 0.5) is 0 Å². The maximum Gasteiger partial charge on any atom is 0.164 e. The topological polar surface area (TPSA) is 51.8 Å². The van der Waals surface area contributed by atoms with Crippen molar-refractivity contribution in [2.75, 3.05) is 0 Å². The Kier molecular flexibility index (Phi) is 7.78. The van der Waals surface area contributed by atoms with Gasteiger partial charge in [-0.2, -0.15) is 0 Å². The molecule has 0 aliphatic carbocycles. The molecule has 4 nitrogen and oxygen atoms in total. The van der Waals surface area contributed by atoms with Crippen molar-refractivity contribution in [1.82, 2.24) is 15.0 Å². The minimum absolute atomic E-state index is 0.624. The molecule has 0 unspecified atom stereocenters. The summed E-state index contributed by atoms with van der Waals surface area (Å²) in [4.78, 5) is 14.8. The third-order valence-electron chi connectivity index (χ3n) is 10.9. The van der Waals surface area contributed by atoms with Gasteiger partial charge in [-0.25, -0.2) is 15.0 Å². The highest BCUT2D eigenvalue weighted by atomic mass is 16.3. The van der Waals surface area contributed by atoms with Gasteiger partial charge in [-0.3, -0.25) is 0 Å². The van der Waals surface area contributed by atoms with E-state index in [0.717, 1.165) is 60.5 Å². The quantitative estimate of drug-likeness (QED) is 0.171. The Morgan fingerprint density at radius 3 is 1.51 bits per heavy atom. The van der Waals surface area contributed by atoms with Gasteiger partial charge in [0.1, 0.15) is 11.2 Å². The Morgan fingerprint density at radius 2 is 0.789 bits per heavy atom. The van der Waals surface area contributed by atoms with Gasteiger partial charge in [-0.15, -0.1) is 0 Å². The van der Waals surface area contributed by atoms with E-state index < -0.39 is 0 Å². The average Bonchev–Trinajstić information content (AvgIpc) is 3.67. The second kappa shape index (κ2) is 13.6. The normalized spacial score (nSPS) is 11.5. The van der Waals surface area contributed by atoms with Gasteiger partial charge in [-0.1, -0.05) is 176 Å². The van der Waals surface area contributed by atoms with Crippen LogP contribution >= 0.6 is 0 Å². The van der Waals surface area contributed by atoms with Gasteiger partial charge in [0, 0.05) is 32.8 Å². The first-order valence-corrected chi connectivity index (χ1v) is 19.2. The van der Waals surface area contributed by atoms with E-state index in [2.05, 4.69) is 140 Å². The number of aromatic nitrogens is 3. The molecule has 0 spiro atoms. The first-order chi connectivity index (χ1) is 28.2. The van der Waals surface area contributed by atoms with Crippen LogP contribution in [-0.4, -0.2) is 15.0 Å². The van der Waals surface area contributed by atoms with Crippen LogP contribution < -0.4 is 0 Å². The lowest BCUT2D eigenvalue weighted by atomic mass is 9.93. The van der Waals surface area contributed by atoms with Crippen molar-refractivity contribution in [2.45, 2.75) is 0 Å². The van der Waals surface area contributed by atoms with Gasteiger partial charge in [0.2, 0.25) is 0 Å². The summed E-state index contributed by atoms with van der Waals surface area (Å²) in [5.74, 6) is 1.90. The molecule has 4 heteroatoms. The predicted octanol–water partition coefficient (Wildman–Crippen LogP) is 14.1. The molecule has 0 amide bonds. The third kappa shape index (κ3) is 5.83. The van der Waals surface area contributed by atoms with Crippen LogP contribution in [0.1, 0.15) is 0 Å². The molecule has 0 bridgehead atoms. The fraction of sp³-hybridized carbons (Fsp3) is 0. The minimum Gasteiger partial charge on any atom is -0.455 e. The largest absolute Gasteiger partial charge is 0.455 e. The van der Waals surface area contributed by atoms with Crippen LogP contribution in [0.3, 0.4) is 0 Å². The van der Waals surface area contributed by atoms with Crippen LogP contribution in [0.25, 0.3) is 111 Å². The summed E-state index contributed by atoms with van der Waals surface area (Å²) in [6.07, 6.45) is 0. The molecule has 9 aromatic carbocycles. The lowest BCUT2D eigenvalue weighted by Gasteiger charge is -2.11. The molecule has 0 aliphatic heterocycles. The molecule has 11 rings (SSSR count). The molecular weight excluding hydrogens is 695 g/mol. The maximum atomic E-state index is 6.75. The van der Waals surface area contributed by atoms with E-state index in [0.29, 0.717) is 17.5 Å². The Hall–Kier alpha value is -7.69. The summed E-state index contributed by atoms with van der Waals surface area (Å²) in [5, 5.41) is 6.95. The van der Waals surface area contributed by atoms with E-state index in [-0.39, 0.29) is 0 Å². The second-order valence-corrected chi connectivity index (χ2v) is 14.4. The molecule has 266 valence electrons. The number of hydrogen-bond acceptors (Lipinski definition) is 4. The summed E-state index contributed by atoms with van der Waals surface area (Å²) >= 11 is 0. The van der Waals surface area contributed by atoms with Gasteiger partial charge in [-0.05, 0) is 73.8 Å². The summed E-state index contributed by atoms with van der Waals surface area (Å²) in [7, 11) is 0. The molecule has 0 radical (unpaired) electrons. The molecule has 0 saturated carbocycles. The molecule has 2 aromatic heterocycles. The van der Waals surface area contributed by atoms with Crippen LogP contribution in [0.5, 0.6) is 0 Å². The molecule has 57 heavy (non-hydrogen) atoms. The number of nitrogens with zero attached hydrogens (tertiary/aromatic N) is 3. The van der Waals surface area contributed by atoms with Crippen LogP contribution in [0.2, 0.25) is 0 Å². The Balaban J connectivity index is 0.990. The zero-order valence-corrected chi connectivity index (χ0v) is 30.8. The molecule has 0 fully saturated rings. The highest BCUT2D eigenvalue weighted by Crippen LogP contribution is 2.41. The molecule has 11 aromatic rings. The molecular formula is C53H33N3O. The van der Waals surface area contributed by atoms with Gasteiger partial charge in [0.05, 0.1) is 0 Å². The molecule has 0 N–H and O–H groups in total. The van der Waals surface area contributed by atoms with Crippen molar-refractivity contribution in [3.63, 3.8) is 0 Å². The van der Waals surface area contributed by atoms with E-state index in [1.54, 1.807) is 0 Å². The fourth-order valence-electron chi connectivity index (χ4n) is 8.10. The highest BCUT2D eigenvalue weighted by Gasteiger charge is 2.17. The molecule has 0 saturated heterocycles. The van der Waals surface area contributed by atoms with Crippen molar-refractivity contribution in [1.29, 1.82) is 0 Å². The van der Waals surface area contributed by atoms with E-state index in [9.17, 15) is 0 Å². The monoisotopic (exact) mass is 727 g/mol. The standard InChI is InChI=1S/C53H33N3O/c1-3-14-37(15-4-1)51-54-52(38-16-5-2-6-17-38)56-53(55-51)41-20-11-19-39(31-41)40-29-30-45-48-33-47(44-22-9-10-23-46(44)50(48)57-49(45)32-40)36-27-25-35(26-28-36)43-24-12-18-34-13-7-8-21-42(34)43/h1-33H. The van der Waals surface area contributed by atoms with Crippen molar-refractivity contribution >= 4 is 43.5 Å². The summed E-state index contributed by atoms with van der Waals surface area (Å²) < 4.78 is 6.75. The summed E-state index contributed by atoms with van der Waals surface area (Å²) in [6, 6.07) is 70.0. The van der Waals surface area contributed by atoms with E-state index in [4.69, 9.17) is 19.4 Å². The van der Waals surface area contributed by atoms with Crippen molar-refractivity contribution < 1.29 is 4.42 Å². The minimum atomic E-state index is 0.624. The fourth-order valence-corrected chi connectivity index (χ4v) is 8.10. The Labute approximate surface area is 329 Å². The number of furan rings is 1. The SMILES string of the molecule is c1ccc(-c2nc(-c3ccccc3)nc(-c3cccc(-c4ccc5c(c4)oc4c6ccccc6c(-c6ccc(-c7cccc8ccccc78)cc6)cc54)c3)n2)cc1. The highest BCUT2D eigenvalue weighted by molar-refractivity contribution is 6.19. The van der Waals surface area contributed by atoms with Gasteiger partial charge >= 0.3 is 0 Å². The third-order valence-corrected chi connectivity index (χ3v) is 10.9. The van der Waals surface area contributed by atoms with Gasteiger partial charge < -0.3 is 4.42 Å². The van der Waals surface area contributed by atoms with E-state index in [1.165, 1.54) is 33.0 Å². The maximum absolute atomic E-state index is 6.75. The van der Waals surface area contributed by atoms with Crippen molar-refractivity contribution in [3.8, 4) is 67.5 Å². The van der Waals surface area contributed by atoms with Crippen LogP contribution in [0, 0.1) is 0 Å². The number of benzene rings is 9. The summed E-state index contributed by atoms with van der Waals surface area (Å²) in [6.45, 7) is 0. The lowest BCUT2D eigenvalue weighted by molar-refractivity contribution is 0.673. The Bertz CT molecular complexity index is 3220. The van der Waals surface area contributed by atoms with Gasteiger partial charge in [0.15, 0.2) is 17.5 Å². The van der Waals surface area contributed by atoms with E-state index >= 15 is 0 Å². The zero-order chi connectivity index (χ0) is 37.7. The smallest absolute Gasteiger partial charge is 0.164 e. The van der Waals surface area contributed by atoms with Crippen LogP contribution in [0.15, 0.2) is 205 Å². The first kappa shape index (κ1) is 32.7. The second-order valence-electron chi connectivity index (χ2n) is 14.4. The predicted molar refractivity (Wildman–Crippen MR) is 235 cm³/mol. The zero-order valence-electron chi connectivity index (χ0n) is 30.8. The molecule has 0 atom stereocenters.